The van der Waals surface area contributed by atoms with Crippen molar-refractivity contribution < 1.29 is 4.79 Å². The van der Waals surface area contributed by atoms with Gasteiger partial charge in [0.1, 0.15) is 5.82 Å². The minimum atomic E-state index is 0.125. The van der Waals surface area contributed by atoms with Gasteiger partial charge in [-0.1, -0.05) is 35.2 Å². The second-order valence-electron chi connectivity index (χ2n) is 5.89. The third kappa shape index (κ3) is 4.55. The molecule has 120 valence electrons. The highest BCUT2D eigenvalue weighted by Gasteiger charge is 2.20. The molecule has 1 aliphatic carbocycles. The maximum absolute atomic E-state index is 12.2. The van der Waals surface area contributed by atoms with Gasteiger partial charge in [0.05, 0.1) is 11.9 Å². The van der Waals surface area contributed by atoms with E-state index in [-0.39, 0.29) is 11.8 Å². The van der Waals surface area contributed by atoms with Crippen LogP contribution >= 0.6 is 15.9 Å². The van der Waals surface area contributed by atoms with E-state index in [9.17, 15) is 4.79 Å². The Morgan fingerprint density at radius 3 is 2.35 bits per heavy atom. The summed E-state index contributed by atoms with van der Waals surface area (Å²) < 4.78 is 1.04. The largest absolute Gasteiger partial charge is 0.340 e. The highest BCUT2D eigenvalue weighted by atomic mass is 79.9. The fourth-order valence-corrected chi connectivity index (χ4v) is 3.10. The summed E-state index contributed by atoms with van der Waals surface area (Å²) in [5.74, 6) is 1.03. The minimum absolute atomic E-state index is 0.125. The number of aromatic nitrogens is 1. The van der Waals surface area contributed by atoms with Crippen LogP contribution in [0.3, 0.4) is 0 Å². The average molecular weight is 374 g/mol. The molecule has 0 atom stereocenters. The van der Waals surface area contributed by atoms with E-state index in [0.717, 1.165) is 47.3 Å². The second-order valence-corrected chi connectivity index (χ2v) is 6.80. The van der Waals surface area contributed by atoms with Gasteiger partial charge in [0.25, 0.3) is 0 Å². The van der Waals surface area contributed by atoms with Crippen LogP contribution in [0.4, 0.5) is 17.2 Å². The zero-order chi connectivity index (χ0) is 16.1. The van der Waals surface area contributed by atoms with Gasteiger partial charge in [0, 0.05) is 16.1 Å². The quantitative estimate of drug-likeness (QED) is 0.782. The molecule has 0 radical (unpaired) electrons. The van der Waals surface area contributed by atoms with Crippen molar-refractivity contribution in [1.29, 1.82) is 0 Å². The van der Waals surface area contributed by atoms with Crippen molar-refractivity contribution in [2.75, 3.05) is 10.6 Å². The van der Waals surface area contributed by atoms with Crippen molar-refractivity contribution in [3.63, 3.8) is 0 Å². The summed E-state index contributed by atoms with van der Waals surface area (Å²) in [6.45, 7) is 0. The van der Waals surface area contributed by atoms with Crippen molar-refractivity contribution >= 4 is 39.0 Å². The predicted molar refractivity (Wildman–Crippen MR) is 96.9 cm³/mol. The number of nitrogens with zero attached hydrogens (tertiary/aromatic N) is 1. The molecule has 0 saturated heterocycles. The molecule has 2 N–H and O–H groups in total. The van der Waals surface area contributed by atoms with Crippen LogP contribution in [0.5, 0.6) is 0 Å². The molecule has 2 aromatic rings. The van der Waals surface area contributed by atoms with E-state index in [0.29, 0.717) is 0 Å². The molecule has 5 heteroatoms. The number of nitrogens with one attached hydrogen (secondary N) is 2. The van der Waals surface area contributed by atoms with Gasteiger partial charge in [-0.05, 0) is 49.2 Å². The number of carbonyl (C=O) groups excluding carboxylic acids is 1. The smallest absolute Gasteiger partial charge is 0.227 e. The van der Waals surface area contributed by atoms with Crippen molar-refractivity contribution in [3.05, 3.63) is 47.1 Å². The molecule has 1 aliphatic rings. The Kier molecular flexibility index (Phi) is 5.28. The third-order valence-corrected chi connectivity index (χ3v) is 4.65. The molecular weight excluding hydrogens is 354 g/mol. The zero-order valence-electron chi connectivity index (χ0n) is 12.9. The van der Waals surface area contributed by atoms with E-state index < -0.39 is 0 Å². The normalized spacial score (nSPS) is 15.2. The topological polar surface area (TPSA) is 54.0 Å². The van der Waals surface area contributed by atoms with Gasteiger partial charge in [-0.2, -0.15) is 0 Å². The maximum Gasteiger partial charge on any atom is 0.227 e. The molecule has 1 aromatic carbocycles. The fourth-order valence-electron chi connectivity index (χ4n) is 2.83. The van der Waals surface area contributed by atoms with Crippen LogP contribution in [0.15, 0.2) is 47.1 Å². The van der Waals surface area contributed by atoms with E-state index in [1.807, 2.05) is 36.4 Å². The fraction of sp³-hybridized carbons (Fsp3) is 0.333. The average Bonchev–Trinajstić information content (AvgIpc) is 2.59. The van der Waals surface area contributed by atoms with Crippen LogP contribution in [0.2, 0.25) is 0 Å². The van der Waals surface area contributed by atoms with E-state index in [4.69, 9.17) is 0 Å². The Hall–Kier alpha value is -1.88. The molecule has 23 heavy (non-hydrogen) atoms. The first kappa shape index (κ1) is 16.0. The number of anilines is 3. The molecule has 0 unspecified atom stereocenters. The van der Waals surface area contributed by atoms with Crippen LogP contribution in [0.25, 0.3) is 0 Å². The number of rotatable bonds is 4. The van der Waals surface area contributed by atoms with Crippen molar-refractivity contribution in [3.8, 4) is 0 Å². The van der Waals surface area contributed by atoms with Crippen LogP contribution in [0, 0.1) is 5.92 Å². The van der Waals surface area contributed by atoms with Crippen molar-refractivity contribution in [1.82, 2.24) is 4.98 Å². The first-order chi connectivity index (χ1) is 11.2. The van der Waals surface area contributed by atoms with Gasteiger partial charge in [0.2, 0.25) is 5.91 Å². The Balaban J connectivity index is 1.58. The molecule has 4 nitrogen and oxygen atoms in total. The van der Waals surface area contributed by atoms with Crippen LogP contribution in [-0.2, 0) is 4.79 Å². The standard InChI is InChI=1S/C18H20BrN3O/c19-14-6-8-15(9-7-14)21-17-11-10-16(12-20-17)22-18(23)13-4-2-1-3-5-13/h6-13H,1-5H2,(H,20,21)(H,22,23). The minimum Gasteiger partial charge on any atom is -0.340 e. The van der Waals surface area contributed by atoms with Crippen molar-refractivity contribution in [2.45, 2.75) is 32.1 Å². The van der Waals surface area contributed by atoms with E-state index in [2.05, 4.69) is 31.5 Å². The molecule has 0 spiro atoms. The lowest BCUT2D eigenvalue weighted by Crippen LogP contribution is -2.24. The third-order valence-electron chi connectivity index (χ3n) is 4.12. The highest BCUT2D eigenvalue weighted by Crippen LogP contribution is 2.25. The lowest BCUT2D eigenvalue weighted by atomic mass is 9.88. The first-order valence-electron chi connectivity index (χ1n) is 8.00. The van der Waals surface area contributed by atoms with E-state index in [1.165, 1.54) is 6.42 Å². The van der Waals surface area contributed by atoms with Gasteiger partial charge >= 0.3 is 0 Å². The van der Waals surface area contributed by atoms with Crippen LogP contribution in [0.1, 0.15) is 32.1 Å². The molecular formula is C18H20BrN3O. The Morgan fingerprint density at radius 1 is 1.00 bits per heavy atom. The first-order valence-corrected chi connectivity index (χ1v) is 8.79. The molecule has 1 aromatic heterocycles. The molecule has 3 rings (SSSR count). The monoisotopic (exact) mass is 373 g/mol. The number of hydrogen-bond acceptors (Lipinski definition) is 3. The van der Waals surface area contributed by atoms with Gasteiger partial charge in [-0.25, -0.2) is 4.98 Å². The van der Waals surface area contributed by atoms with Gasteiger partial charge < -0.3 is 10.6 Å². The summed E-state index contributed by atoms with van der Waals surface area (Å²) in [6, 6.07) is 11.7. The van der Waals surface area contributed by atoms with Gasteiger partial charge in [-0.3, -0.25) is 4.79 Å². The Morgan fingerprint density at radius 2 is 1.70 bits per heavy atom. The number of amides is 1. The van der Waals surface area contributed by atoms with Crippen LogP contribution in [-0.4, -0.2) is 10.9 Å². The molecule has 0 aliphatic heterocycles. The summed E-state index contributed by atoms with van der Waals surface area (Å²) >= 11 is 3.41. The summed E-state index contributed by atoms with van der Waals surface area (Å²) in [5.41, 5.74) is 1.72. The lowest BCUT2D eigenvalue weighted by molar-refractivity contribution is -0.120. The number of halogens is 1. The summed E-state index contributed by atoms with van der Waals surface area (Å²) in [5, 5.41) is 6.21. The van der Waals surface area contributed by atoms with E-state index in [1.54, 1.807) is 6.20 Å². The van der Waals surface area contributed by atoms with Gasteiger partial charge in [0.15, 0.2) is 0 Å². The lowest BCUT2D eigenvalue weighted by Gasteiger charge is -2.20. The molecule has 1 amide bonds. The summed E-state index contributed by atoms with van der Waals surface area (Å²) in [6.07, 6.45) is 7.27. The number of hydrogen-bond donors (Lipinski definition) is 2. The number of carbonyl (C=O) groups is 1. The second kappa shape index (κ2) is 7.59. The van der Waals surface area contributed by atoms with E-state index >= 15 is 0 Å². The Labute approximate surface area is 144 Å². The number of benzene rings is 1. The molecule has 1 saturated carbocycles. The van der Waals surface area contributed by atoms with Gasteiger partial charge in [-0.15, -0.1) is 0 Å². The molecule has 1 heterocycles. The molecule has 1 fully saturated rings. The maximum atomic E-state index is 12.2. The summed E-state index contributed by atoms with van der Waals surface area (Å²) in [4.78, 5) is 16.6. The predicted octanol–water partition coefficient (Wildman–Crippen LogP) is 5.11. The highest BCUT2D eigenvalue weighted by molar-refractivity contribution is 9.10. The van der Waals surface area contributed by atoms with Crippen LogP contribution < -0.4 is 10.6 Å². The Bertz CT molecular complexity index is 649. The van der Waals surface area contributed by atoms with Crippen molar-refractivity contribution in [2.24, 2.45) is 5.92 Å². The number of pyridine rings is 1. The summed E-state index contributed by atoms with van der Waals surface area (Å²) in [7, 11) is 0. The molecule has 0 bridgehead atoms. The zero-order valence-corrected chi connectivity index (χ0v) is 14.5. The SMILES string of the molecule is O=C(Nc1ccc(Nc2ccc(Br)cc2)nc1)C1CCCCC1.